The van der Waals surface area contributed by atoms with Crippen LogP contribution in [0.1, 0.15) is 11.1 Å². The fraction of sp³-hybridized carbons (Fsp3) is 0.118. The molecule has 1 heterocycles. The quantitative estimate of drug-likeness (QED) is 0.556. The molecule has 2 aromatic carbocycles. The van der Waals surface area contributed by atoms with Crippen LogP contribution in [-0.4, -0.2) is 37.7 Å². The average molecular weight is 444 g/mol. The largest absolute Gasteiger partial charge is 0.467 e. The van der Waals surface area contributed by atoms with Gasteiger partial charge in [-0.3, -0.25) is 4.79 Å². The van der Waals surface area contributed by atoms with Gasteiger partial charge in [0.15, 0.2) is 5.50 Å². The van der Waals surface area contributed by atoms with Crippen molar-refractivity contribution < 1.29 is 22.1 Å². The first-order valence-corrected chi connectivity index (χ1v) is 10.1. The summed E-state index contributed by atoms with van der Waals surface area (Å²) in [7, 11) is 12.8. The minimum Gasteiger partial charge on any atom is -0.467 e. The summed E-state index contributed by atoms with van der Waals surface area (Å²) in [5.74, 6) is -2.66. The molecule has 0 saturated heterocycles. The number of rotatable bonds is 5. The molecule has 29 heavy (non-hydrogen) atoms. The summed E-state index contributed by atoms with van der Waals surface area (Å²) in [6, 6.07) is 11.8. The van der Waals surface area contributed by atoms with Crippen molar-refractivity contribution in [1.29, 1.82) is 0 Å². The summed E-state index contributed by atoms with van der Waals surface area (Å²) in [4.78, 5) is 12.9. The van der Waals surface area contributed by atoms with E-state index in [-0.39, 0.29) is 21.2 Å². The molecule has 1 aliphatic rings. The number of ketones is 1. The van der Waals surface area contributed by atoms with E-state index >= 15 is 0 Å². The van der Waals surface area contributed by atoms with Crippen molar-refractivity contribution in [2.75, 3.05) is 0 Å². The Labute approximate surface area is 181 Å². The second kappa shape index (κ2) is 7.34. The molecule has 142 valence electrons. The molecule has 0 unspecified atom stereocenters. The van der Waals surface area contributed by atoms with Gasteiger partial charge in [0.1, 0.15) is 7.85 Å². The maximum Gasteiger partial charge on any atom is 0.302 e. The number of carbonyl (C=O) groups excluding carboxylic acids is 1. The second-order valence-electron chi connectivity index (χ2n) is 6.16. The smallest absolute Gasteiger partial charge is 0.302 e. The molecule has 0 bridgehead atoms. The van der Waals surface area contributed by atoms with Crippen molar-refractivity contribution in [2.45, 2.75) is 10.0 Å². The number of carbonyl (C=O) groups is 1. The highest BCUT2D eigenvalue weighted by Crippen LogP contribution is 2.41. The van der Waals surface area contributed by atoms with Crippen LogP contribution in [0.25, 0.3) is 0 Å². The van der Waals surface area contributed by atoms with Gasteiger partial charge in [0.05, 0.1) is 30.3 Å². The van der Waals surface area contributed by atoms with Crippen LogP contribution < -0.4 is 5.73 Å². The molecule has 0 saturated carbocycles. The summed E-state index contributed by atoms with van der Waals surface area (Å²) in [6.07, 6.45) is 0. The van der Waals surface area contributed by atoms with Crippen molar-refractivity contribution in [2.24, 2.45) is 5.73 Å². The average Bonchev–Trinajstić information content (AvgIpc) is 2.88. The van der Waals surface area contributed by atoms with Crippen molar-refractivity contribution >= 4 is 62.6 Å². The van der Waals surface area contributed by atoms with Crippen LogP contribution in [0.3, 0.4) is 0 Å². The molecule has 0 fully saturated rings. The van der Waals surface area contributed by atoms with Gasteiger partial charge in [-0.1, -0.05) is 65.7 Å². The first-order valence-electron chi connectivity index (χ1n) is 7.96. The number of halogens is 2. The Balaban J connectivity index is 1.97. The zero-order valence-corrected chi connectivity index (χ0v) is 17.0. The molecule has 0 amide bonds. The van der Waals surface area contributed by atoms with Crippen molar-refractivity contribution in [3.63, 3.8) is 0 Å². The summed E-state index contributed by atoms with van der Waals surface area (Å²) in [5, 5.41) is 0.0242. The molecular weight excluding hydrogens is 434 g/mol. The first-order chi connectivity index (χ1) is 13.4. The maximum absolute atomic E-state index is 12.9. The lowest BCUT2D eigenvalue weighted by molar-refractivity contribution is -0.126. The normalized spacial score (nSPS) is 19.9. The van der Waals surface area contributed by atoms with Gasteiger partial charge in [0, 0.05) is 5.56 Å². The van der Waals surface area contributed by atoms with Crippen LogP contribution in [0.5, 0.6) is 0 Å². The highest BCUT2D eigenvalue weighted by molar-refractivity contribution is 7.90. The summed E-state index contributed by atoms with van der Waals surface area (Å²) >= 11 is 12.1. The first kappa shape index (κ1) is 21.7. The van der Waals surface area contributed by atoms with Gasteiger partial charge in [-0.25, -0.2) is 0 Å². The Morgan fingerprint density at radius 1 is 1.07 bits per heavy atom. The lowest BCUT2D eigenvalue weighted by atomic mass is 9.65. The number of hydrogen-bond donors (Lipinski definition) is 1. The SMILES string of the molecule is [B]C([B])(c1ccccc1)S(=O)(=O)OC1=C(N)O[C@]([B])(c2cccc(Cl)c2Cl)C1=O. The highest BCUT2D eigenvalue weighted by atomic mass is 35.5. The summed E-state index contributed by atoms with van der Waals surface area (Å²) in [5.41, 5.74) is 3.39. The molecule has 6 radical (unpaired) electrons. The summed E-state index contributed by atoms with van der Waals surface area (Å²) < 4.78 is 33.0. The van der Waals surface area contributed by atoms with Gasteiger partial charge in [-0.15, -0.1) is 0 Å². The van der Waals surface area contributed by atoms with Gasteiger partial charge >= 0.3 is 10.1 Å². The monoisotopic (exact) mass is 443 g/mol. The number of benzene rings is 2. The molecule has 0 aliphatic carbocycles. The molecule has 2 aromatic rings. The molecule has 6 nitrogen and oxygen atoms in total. The number of hydrogen-bond acceptors (Lipinski definition) is 6. The Morgan fingerprint density at radius 3 is 2.31 bits per heavy atom. The topological polar surface area (TPSA) is 95.7 Å². The van der Waals surface area contributed by atoms with Crippen LogP contribution in [0.4, 0.5) is 0 Å². The van der Waals surface area contributed by atoms with Gasteiger partial charge in [-0.05, 0) is 11.6 Å². The van der Waals surface area contributed by atoms with Gasteiger partial charge in [-0.2, -0.15) is 8.42 Å². The van der Waals surface area contributed by atoms with E-state index in [1.165, 1.54) is 42.5 Å². The number of ether oxygens (including phenoxy) is 1. The zero-order chi connectivity index (χ0) is 21.6. The van der Waals surface area contributed by atoms with Crippen molar-refractivity contribution in [1.82, 2.24) is 0 Å². The van der Waals surface area contributed by atoms with Crippen LogP contribution in [-0.2, 0) is 33.9 Å². The maximum atomic E-state index is 12.9. The van der Waals surface area contributed by atoms with E-state index in [2.05, 4.69) is 0 Å². The molecule has 0 spiro atoms. The number of nitrogens with two attached hydrogens (primary N) is 1. The Bertz CT molecular complexity index is 1130. The predicted octanol–water partition coefficient (Wildman–Crippen LogP) is 1.54. The van der Waals surface area contributed by atoms with E-state index in [1.54, 1.807) is 6.07 Å². The highest BCUT2D eigenvalue weighted by Gasteiger charge is 2.51. The standard InChI is InChI=1S/C17H10B3Cl2NO5S/c18-16(10-7-4-8-11(21)12(10)22)14(24)13(15(23)27-16)28-29(25,26)17(19,20)9-5-2-1-3-6-9/h1-8H,23H2/t16-/m1/s1. The third-order valence-corrected chi connectivity index (χ3v) is 6.49. The molecule has 1 aliphatic heterocycles. The van der Waals surface area contributed by atoms with E-state index in [4.69, 9.17) is 61.4 Å². The molecule has 3 rings (SSSR count). The van der Waals surface area contributed by atoms with Crippen LogP contribution in [0.2, 0.25) is 10.0 Å². The fourth-order valence-corrected chi connectivity index (χ4v) is 4.00. The fourth-order valence-electron chi connectivity index (χ4n) is 2.62. The van der Waals surface area contributed by atoms with E-state index in [0.29, 0.717) is 0 Å². The molecule has 12 heteroatoms. The Hall–Kier alpha value is -2.03. The lowest BCUT2D eigenvalue weighted by Gasteiger charge is -2.27. The van der Waals surface area contributed by atoms with Crippen LogP contribution in [0, 0.1) is 0 Å². The third-order valence-electron chi connectivity index (χ3n) is 4.22. The second-order valence-corrected chi connectivity index (χ2v) is 8.69. The molecule has 0 aromatic heterocycles. The minimum absolute atomic E-state index is 0.0161. The zero-order valence-electron chi connectivity index (χ0n) is 14.6. The lowest BCUT2D eigenvalue weighted by Crippen LogP contribution is -2.40. The number of Topliss-reactive ketones (excluding diaryl/α,β-unsaturated/α-hetero) is 1. The van der Waals surface area contributed by atoms with Gasteiger partial charge < -0.3 is 14.7 Å². The van der Waals surface area contributed by atoms with Crippen LogP contribution >= 0.6 is 23.2 Å². The van der Waals surface area contributed by atoms with E-state index in [9.17, 15) is 13.2 Å². The Kier molecular flexibility index (Phi) is 5.49. The predicted molar refractivity (Wildman–Crippen MR) is 111 cm³/mol. The third kappa shape index (κ3) is 3.54. The van der Waals surface area contributed by atoms with Crippen LogP contribution in [0.15, 0.2) is 60.2 Å². The van der Waals surface area contributed by atoms with Crippen molar-refractivity contribution in [3.05, 3.63) is 81.3 Å². The van der Waals surface area contributed by atoms with E-state index in [1.807, 2.05) is 0 Å². The van der Waals surface area contributed by atoms with E-state index < -0.39 is 37.6 Å². The molecule has 1 atom stereocenters. The minimum atomic E-state index is -4.81. The van der Waals surface area contributed by atoms with E-state index in [0.717, 1.165) is 0 Å². The molecule has 2 N–H and O–H groups in total. The molecular formula is C17H10B3Cl2NO5S. The van der Waals surface area contributed by atoms with Gasteiger partial charge in [0.2, 0.25) is 17.4 Å². The summed E-state index contributed by atoms with van der Waals surface area (Å²) in [6.45, 7) is 0. The Morgan fingerprint density at radius 2 is 1.69 bits per heavy atom. The van der Waals surface area contributed by atoms with Gasteiger partial charge in [0.25, 0.3) is 0 Å². The van der Waals surface area contributed by atoms with Crippen molar-refractivity contribution in [3.8, 4) is 0 Å².